The Morgan fingerprint density at radius 1 is 1.09 bits per heavy atom. The van der Waals surface area contributed by atoms with Crippen molar-refractivity contribution in [2.45, 2.75) is 24.8 Å². The van der Waals surface area contributed by atoms with Crippen molar-refractivity contribution in [3.05, 3.63) is 41.8 Å². The van der Waals surface area contributed by atoms with E-state index in [0.717, 1.165) is 21.7 Å². The van der Waals surface area contributed by atoms with E-state index in [1.54, 1.807) is 11.4 Å². The lowest BCUT2D eigenvalue weighted by Crippen LogP contribution is -1.98. The molecule has 0 amide bonds. The van der Waals surface area contributed by atoms with Crippen LogP contribution in [0.2, 0.25) is 0 Å². The van der Waals surface area contributed by atoms with Crippen LogP contribution in [0, 0.1) is 13.8 Å². The summed E-state index contributed by atoms with van der Waals surface area (Å²) in [4.78, 5) is 13.4. The highest BCUT2D eigenvalue weighted by Crippen LogP contribution is 2.25. The first kappa shape index (κ1) is 13.2. The largest absolute Gasteiger partial charge is 0.338 e. The molecule has 3 heterocycles. The van der Waals surface area contributed by atoms with Gasteiger partial charge in [-0.05, 0) is 26.0 Å². The highest BCUT2D eigenvalue weighted by molar-refractivity contribution is 7.98. The van der Waals surface area contributed by atoms with Crippen LogP contribution >= 0.6 is 11.8 Å². The zero-order chi connectivity index (χ0) is 15.1. The molecule has 0 spiro atoms. The van der Waals surface area contributed by atoms with Crippen LogP contribution < -0.4 is 0 Å². The fourth-order valence-corrected chi connectivity index (χ4v) is 3.03. The SMILES string of the molecule is Cc1noc(CSc2nc3ccccc3c3nc(C)nn23)n1. The normalized spacial score (nSPS) is 11.5. The van der Waals surface area contributed by atoms with Gasteiger partial charge in [0, 0.05) is 5.39 Å². The number of aromatic nitrogens is 6. The molecule has 3 aromatic heterocycles. The molecule has 0 aliphatic rings. The van der Waals surface area contributed by atoms with Crippen LogP contribution in [0.15, 0.2) is 33.9 Å². The molecule has 0 unspecified atom stereocenters. The van der Waals surface area contributed by atoms with Crippen molar-refractivity contribution >= 4 is 28.3 Å². The summed E-state index contributed by atoms with van der Waals surface area (Å²) >= 11 is 1.50. The molecule has 0 atom stereocenters. The van der Waals surface area contributed by atoms with Gasteiger partial charge in [-0.3, -0.25) is 0 Å². The molecule has 0 radical (unpaired) electrons. The van der Waals surface area contributed by atoms with Crippen molar-refractivity contribution in [3.8, 4) is 0 Å². The van der Waals surface area contributed by atoms with Gasteiger partial charge >= 0.3 is 0 Å². The molecular weight excluding hydrogens is 300 g/mol. The third kappa shape index (κ3) is 2.21. The maximum Gasteiger partial charge on any atom is 0.237 e. The number of para-hydroxylation sites is 1. The van der Waals surface area contributed by atoms with E-state index in [9.17, 15) is 0 Å². The van der Waals surface area contributed by atoms with Crippen LogP contribution in [0.25, 0.3) is 16.6 Å². The summed E-state index contributed by atoms with van der Waals surface area (Å²) in [6.45, 7) is 3.67. The lowest BCUT2D eigenvalue weighted by Gasteiger charge is -2.04. The monoisotopic (exact) mass is 312 g/mol. The van der Waals surface area contributed by atoms with E-state index in [2.05, 4.69) is 25.2 Å². The first-order chi connectivity index (χ1) is 10.7. The predicted octanol–water partition coefficient (Wildman–Crippen LogP) is 2.57. The Labute approximate surface area is 129 Å². The molecule has 0 bridgehead atoms. The number of nitrogens with zero attached hydrogens (tertiary/aromatic N) is 6. The summed E-state index contributed by atoms with van der Waals surface area (Å²) in [6.07, 6.45) is 0. The molecule has 0 saturated heterocycles. The lowest BCUT2D eigenvalue weighted by atomic mass is 10.2. The second-order valence-electron chi connectivity index (χ2n) is 4.83. The summed E-state index contributed by atoms with van der Waals surface area (Å²) in [5, 5.41) is 9.97. The first-order valence-electron chi connectivity index (χ1n) is 6.75. The molecule has 0 aliphatic heterocycles. The van der Waals surface area contributed by atoms with Gasteiger partial charge < -0.3 is 4.52 Å². The van der Waals surface area contributed by atoms with E-state index in [-0.39, 0.29) is 0 Å². The molecule has 110 valence electrons. The van der Waals surface area contributed by atoms with Crippen LogP contribution in [-0.2, 0) is 5.75 Å². The van der Waals surface area contributed by atoms with Crippen LogP contribution in [-0.4, -0.2) is 29.7 Å². The first-order valence-corrected chi connectivity index (χ1v) is 7.73. The van der Waals surface area contributed by atoms with Gasteiger partial charge in [0.1, 0.15) is 5.82 Å². The quantitative estimate of drug-likeness (QED) is 0.424. The summed E-state index contributed by atoms with van der Waals surface area (Å²) in [5.41, 5.74) is 1.71. The molecule has 22 heavy (non-hydrogen) atoms. The molecule has 0 saturated carbocycles. The van der Waals surface area contributed by atoms with Gasteiger partial charge in [-0.25, -0.2) is 9.97 Å². The van der Waals surface area contributed by atoms with Gasteiger partial charge in [0.15, 0.2) is 16.6 Å². The van der Waals surface area contributed by atoms with E-state index >= 15 is 0 Å². The highest BCUT2D eigenvalue weighted by Gasteiger charge is 2.13. The number of thioether (sulfide) groups is 1. The topological polar surface area (TPSA) is 82.0 Å². The molecule has 0 N–H and O–H groups in total. The minimum absolute atomic E-state index is 0.542. The van der Waals surface area contributed by atoms with Crippen LogP contribution in [0.5, 0.6) is 0 Å². The second-order valence-corrected chi connectivity index (χ2v) is 5.77. The third-order valence-electron chi connectivity index (χ3n) is 3.15. The van der Waals surface area contributed by atoms with Gasteiger partial charge in [-0.1, -0.05) is 29.1 Å². The van der Waals surface area contributed by atoms with Gasteiger partial charge in [0.2, 0.25) is 5.89 Å². The van der Waals surface area contributed by atoms with Crippen molar-refractivity contribution in [1.82, 2.24) is 29.7 Å². The maximum absolute atomic E-state index is 5.14. The highest BCUT2D eigenvalue weighted by atomic mass is 32.2. The second kappa shape index (κ2) is 5.06. The smallest absolute Gasteiger partial charge is 0.237 e. The molecule has 4 aromatic rings. The van der Waals surface area contributed by atoms with Crippen molar-refractivity contribution in [2.24, 2.45) is 0 Å². The summed E-state index contributed by atoms with van der Waals surface area (Å²) in [6, 6.07) is 7.91. The summed E-state index contributed by atoms with van der Waals surface area (Å²) < 4.78 is 6.91. The fourth-order valence-electron chi connectivity index (χ4n) is 2.25. The molecular formula is C14H12N6OS. The molecule has 7 nitrogen and oxygen atoms in total. The van der Waals surface area contributed by atoms with Crippen molar-refractivity contribution < 1.29 is 4.52 Å². The minimum atomic E-state index is 0.542. The van der Waals surface area contributed by atoms with Crippen LogP contribution in [0.3, 0.4) is 0 Å². The fraction of sp³-hybridized carbons (Fsp3) is 0.214. The van der Waals surface area contributed by atoms with Crippen molar-refractivity contribution in [2.75, 3.05) is 0 Å². The molecule has 8 heteroatoms. The summed E-state index contributed by atoms with van der Waals surface area (Å²) in [5.74, 6) is 2.46. The Bertz CT molecular complexity index is 976. The van der Waals surface area contributed by atoms with E-state index in [0.29, 0.717) is 23.3 Å². The predicted molar refractivity (Wildman–Crippen MR) is 81.6 cm³/mol. The third-order valence-corrected chi connectivity index (χ3v) is 4.06. The van der Waals surface area contributed by atoms with E-state index in [4.69, 9.17) is 4.52 Å². The van der Waals surface area contributed by atoms with Gasteiger partial charge in [0.25, 0.3) is 0 Å². The summed E-state index contributed by atoms with van der Waals surface area (Å²) in [7, 11) is 0. The number of aryl methyl sites for hydroxylation is 2. The average Bonchev–Trinajstić information content (AvgIpc) is 3.10. The number of fused-ring (bicyclic) bond motifs is 3. The number of benzene rings is 1. The number of hydrogen-bond acceptors (Lipinski definition) is 7. The van der Waals surface area contributed by atoms with Gasteiger partial charge in [0.05, 0.1) is 11.3 Å². The molecule has 0 aliphatic carbocycles. The molecule has 0 fully saturated rings. The van der Waals surface area contributed by atoms with Crippen LogP contribution in [0.4, 0.5) is 0 Å². The van der Waals surface area contributed by atoms with E-state index in [1.807, 2.05) is 31.2 Å². The number of hydrogen-bond donors (Lipinski definition) is 0. The van der Waals surface area contributed by atoms with Gasteiger partial charge in [-0.15, -0.1) is 5.10 Å². The maximum atomic E-state index is 5.14. The Kier molecular flexibility index (Phi) is 3.04. The lowest BCUT2D eigenvalue weighted by molar-refractivity contribution is 0.387. The molecule has 4 rings (SSSR count). The van der Waals surface area contributed by atoms with Crippen LogP contribution in [0.1, 0.15) is 17.5 Å². The Balaban J connectivity index is 1.80. The zero-order valence-electron chi connectivity index (χ0n) is 12.0. The Morgan fingerprint density at radius 2 is 1.95 bits per heavy atom. The van der Waals surface area contributed by atoms with Crippen molar-refractivity contribution in [1.29, 1.82) is 0 Å². The van der Waals surface area contributed by atoms with Crippen molar-refractivity contribution in [3.63, 3.8) is 0 Å². The Hall–Kier alpha value is -2.48. The minimum Gasteiger partial charge on any atom is -0.338 e. The zero-order valence-corrected chi connectivity index (χ0v) is 12.8. The standard InChI is InChI=1S/C14H12N6OS/c1-8-16-13-10-5-3-4-6-11(10)17-14(20(13)18-8)22-7-12-15-9(2)19-21-12/h3-6H,7H2,1-2H3. The number of rotatable bonds is 3. The van der Waals surface area contributed by atoms with Gasteiger partial charge in [-0.2, -0.15) is 9.50 Å². The molecule has 1 aromatic carbocycles. The van der Waals surface area contributed by atoms with E-state index in [1.165, 1.54) is 11.8 Å². The average molecular weight is 312 g/mol. The van der Waals surface area contributed by atoms with E-state index < -0.39 is 0 Å². The Morgan fingerprint density at radius 3 is 2.77 bits per heavy atom.